The molecule has 90 valence electrons. The monoisotopic (exact) mass is 253 g/mol. The van der Waals surface area contributed by atoms with Crippen LogP contribution in [0.4, 0.5) is 4.39 Å². The largest absolute Gasteiger partial charge is 0.323 e. The van der Waals surface area contributed by atoms with Crippen LogP contribution in [0.25, 0.3) is 5.69 Å². The van der Waals surface area contributed by atoms with Gasteiger partial charge in [0.25, 0.3) is 0 Å². The fourth-order valence-electron chi connectivity index (χ4n) is 1.66. The van der Waals surface area contributed by atoms with E-state index in [0.29, 0.717) is 10.7 Å². The summed E-state index contributed by atoms with van der Waals surface area (Å²) in [5.74, 6) is -0.339. The van der Waals surface area contributed by atoms with Gasteiger partial charge in [0.1, 0.15) is 5.82 Å². The first-order valence-electron chi connectivity index (χ1n) is 5.36. The normalized spacial score (nSPS) is 12.7. The Bertz CT molecular complexity index is 524. The van der Waals surface area contributed by atoms with Crippen LogP contribution < -0.4 is 5.73 Å². The topological polar surface area (TPSA) is 43.8 Å². The smallest absolute Gasteiger partial charge is 0.125 e. The molecule has 1 aromatic heterocycles. The zero-order valence-electron chi connectivity index (χ0n) is 9.40. The van der Waals surface area contributed by atoms with Crippen molar-refractivity contribution in [3.05, 3.63) is 47.3 Å². The highest BCUT2D eigenvalue weighted by Gasteiger charge is 2.13. The second-order valence-electron chi connectivity index (χ2n) is 3.80. The van der Waals surface area contributed by atoms with Gasteiger partial charge in [0.15, 0.2) is 0 Å². The zero-order chi connectivity index (χ0) is 12.4. The van der Waals surface area contributed by atoms with Crippen LogP contribution in [0.2, 0.25) is 5.02 Å². The van der Waals surface area contributed by atoms with Gasteiger partial charge in [0.2, 0.25) is 0 Å². The van der Waals surface area contributed by atoms with Gasteiger partial charge in [-0.15, -0.1) is 0 Å². The van der Waals surface area contributed by atoms with Crippen LogP contribution in [-0.4, -0.2) is 9.55 Å². The zero-order valence-corrected chi connectivity index (χ0v) is 10.2. The summed E-state index contributed by atoms with van der Waals surface area (Å²) in [6.07, 6.45) is 4.04. The summed E-state index contributed by atoms with van der Waals surface area (Å²) in [4.78, 5) is 4.04. The Kier molecular flexibility index (Phi) is 3.45. The summed E-state index contributed by atoms with van der Waals surface area (Å²) in [5, 5.41) is 0.467. The molecule has 2 aromatic rings. The van der Waals surface area contributed by atoms with Crippen molar-refractivity contribution in [2.24, 2.45) is 5.73 Å². The maximum atomic E-state index is 13.2. The molecule has 0 aliphatic heterocycles. The molecule has 0 saturated carbocycles. The first-order valence-corrected chi connectivity index (χ1v) is 5.74. The summed E-state index contributed by atoms with van der Waals surface area (Å²) in [5.41, 5.74) is 7.35. The van der Waals surface area contributed by atoms with Gasteiger partial charge in [-0.2, -0.15) is 0 Å². The van der Waals surface area contributed by atoms with E-state index in [0.717, 1.165) is 12.1 Å². The number of halogens is 2. The van der Waals surface area contributed by atoms with E-state index < -0.39 is 0 Å². The van der Waals surface area contributed by atoms with Crippen molar-refractivity contribution in [3.63, 3.8) is 0 Å². The van der Waals surface area contributed by atoms with Crippen LogP contribution in [0.5, 0.6) is 0 Å². The third-order valence-corrected chi connectivity index (χ3v) is 2.97. The molecule has 1 heterocycles. The molecule has 17 heavy (non-hydrogen) atoms. The Labute approximate surface area is 104 Å². The first-order chi connectivity index (χ1) is 8.13. The minimum Gasteiger partial charge on any atom is -0.323 e. The predicted octanol–water partition coefficient (Wildman–Crippen LogP) is 3.07. The van der Waals surface area contributed by atoms with E-state index in [2.05, 4.69) is 4.98 Å². The van der Waals surface area contributed by atoms with Crippen molar-refractivity contribution in [2.75, 3.05) is 0 Å². The van der Waals surface area contributed by atoms with E-state index in [4.69, 9.17) is 17.3 Å². The highest BCUT2D eigenvalue weighted by Crippen LogP contribution is 2.25. The van der Waals surface area contributed by atoms with Crippen LogP contribution in [0.15, 0.2) is 30.7 Å². The van der Waals surface area contributed by atoms with Crippen LogP contribution >= 0.6 is 11.6 Å². The van der Waals surface area contributed by atoms with Gasteiger partial charge >= 0.3 is 0 Å². The second kappa shape index (κ2) is 4.85. The Hall–Kier alpha value is -1.39. The van der Waals surface area contributed by atoms with Crippen molar-refractivity contribution in [3.8, 4) is 5.69 Å². The van der Waals surface area contributed by atoms with Crippen molar-refractivity contribution < 1.29 is 4.39 Å². The average molecular weight is 254 g/mol. The number of rotatable bonds is 3. The van der Waals surface area contributed by atoms with Crippen LogP contribution in [-0.2, 0) is 0 Å². The van der Waals surface area contributed by atoms with E-state index in [1.165, 1.54) is 18.2 Å². The predicted molar refractivity (Wildman–Crippen MR) is 65.8 cm³/mol. The molecule has 0 unspecified atom stereocenters. The number of hydrogen-bond donors (Lipinski definition) is 1. The molecule has 1 aromatic carbocycles. The fourth-order valence-corrected chi connectivity index (χ4v) is 1.87. The van der Waals surface area contributed by atoms with Gasteiger partial charge in [-0.3, -0.25) is 0 Å². The molecule has 0 amide bonds. The van der Waals surface area contributed by atoms with E-state index >= 15 is 0 Å². The van der Waals surface area contributed by atoms with Crippen molar-refractivity contribution in [1.82, 2.24) is 9.55 Å². The van der Waals surface area contributed by atoms with Gasteiger partial charge in [-0.05, 0) is 24.6 Å². The minimum atomic E-state index is -0.339. The lowest BCUT2D eigenvalue weighted by atomic mass is 10.2. The highest BCUT2D eigenvalue weighted by atomic mass is 35.5. The van der Waals surface area contributed by atoms with Gasteiger partial charge in [0.05, 0.1) is 28.9 Å². The van der Waals surface area contributed by atoms with Crippen LogP contribution in [0, 0.1) is 5.82 Å². The molecule has 1 atom stereocenters. The maximum Gasteiger partial charge on any atom is 0.125 e. The Balaban J connectivity index is 2.53. The third-order valence-electron chi connectivity index (χ3n) is 2.65. The van der Waals surface area contributed by atoms with Crippen molar-refractivity contribution in [1.29, 1.82) is 0 Å². The Morgan fingerprint density at radius 3 is 3.00 bits per heavy atom. The van der Waals surface area contributed by atoms with E-state index in [1.54, 1.807) is 17.1 Å². The lowest BCUT2D eigenvalue weighted by molar-refractivity contribution is 0.623. The molecule has 2 N–H and O–H groups in total. The van der Waals surface area contributed by atoms with Gasteiger partial charge in [0, 0.05) is 6.04 Å². The van der Waals surface area contributed by atoms with E-state index in [-0.39, 0.29) is 11.9 Å². The standard InChI is InChI=1S/C12H13ClFN3/c1-2-10(15)12-6-16-7-17(12)11-5-8(14)3-4-9(11)13/h3-7,10H,2,15H2,1H3/t10-/m1/s1. The summed E-state index contributed by atoms with van der Waals surface area (Å²) in [7, 11) is 0. The number of benzene rings is 1. The van der Waals surface area contributed by atoms with Crippen molar-refractivity contribution in [2.45, 2.75) is 19.4 Å². The number of aromatic nitrogens is 2. The van der Waals surface area contributed by atoms with Gasteiger partial charge < -0.3 is 10.3 Å². The highest BCUT2D eigenvalue weighted by molar-refractivity contribution is 6.32. The maximum absolute atomic E-state index is 13.2. The third kappa shape index (κ3) is 2.33. The number of imidazole rings is 1. The SMILES string of the molecule is CC[C@@H](N)c1cncn1-c1cc(F)ccc1Cl. The van der Waals surface area contributed by atoms with Gasteiger partial charge in [-0.1, -0.05) is 18.5 Å². The molecule has 0 radical (unpaired) electrons. The molecule has 0 bridgehead atoms. The molecule has 2 rings (SSSR count). The fraction of sp³-hybridized carbons (Fsp3) is 0.250. The lowest BCUT2D eigenvalue weighted by Crippen LogP contribution is -2.13. The van der Waals surface area contributed by atoms with Gasteiger partial charge in [-0.25, -0.2) is 9.37 Å². The minimum absolute atomic E-state index is 0.142. The number of hydrogen-bond acceptors (Lipinski definition) is 2. The molecule has 3 nitrogen and oxygen atoms in total. The summed E-state index contributed by atoms with van der Waals surface area (Å²) >= 11 is 6.05. The average Bonchev–Trinajstić information content (AvgIpc) is 2.80. The molecule has 0 aliphatic rings. The summed E-state index contributed by atoms with van der Waals surface area (Å²) in [6.45, 7) is 1.98. The quantitative estimate of drug-likeness (QED) is 0.914. The molecule has 5 heteroatoms. The molecule has 0 fully saturated rings. The number of nitrogens with two attached hydrogens (primary N) is 1. The van der Waals surface area contributed by atoms with E-state index in [9.17, 15) is 4.39 Å². The van der Waals surface area contributed by atoms with Crippen molar-refractivity contribution >= 4 is 11.6 Å². The van der Waals surface area contributed by atoms with Crippen LogP contribution in [0.3, 0.4) is 0 Å². The molecule has 0 saturated heterocycles. The Morgan fingerprint density at radius 2 is 2.29 bits per heavy atom. The molecular formula is C12H13ClFN3. The molecular weight excluding hydrogens is 241 g/mol. The number of nitrogens with zero attached hydrogens (tertiary/aromatic N) is 2. The van der Waals surface area contributed by atoms with Crippen LogP contribution in [0.1, 0.15) is 25.1 Å². The second-order valence-corrected chi connectivity index (χ2v) is 4.21. The summed E-state index contributed by atoms with van der Waals surface area (Å²) < 4.78 is 15.0. The first kappa shape index (κ1) is 12.1. The lowest BCUT2D eigenvalue weighted by Gasteiger charge is -2.14. The molecule has 0 aliphatic carbocycles. The molecule has 0 spiro atoms. The summed E-state index contributed by atoms with van der Waals surface area (Å²) in [6, 6.07) is 4.07. The van der Waals surface area contributed by atoms with E-state index in [1.807, 2.05) is 6.92 Å². The Morgan fingerprint density at radius 1 is 1.53 bits per heavy atom.